The van der Waals surface area contributed by atoms with Crippen molar-refractivity contribution in [2.24, 2.45) is 0 Å². The van der Waals surface area contributed by atoms with Crippen LogP contribution >= 0.6 is 12.6 Å². The van der Waals surface area contributed by atoms with Gasteiger partial charge >= 0.3 is 0 Å². The summed E-state index contributed by atoms with van der Waals surface area (Å²) in [5, 5.41) is 10.8. The van der Waals surface area contributed by atoms with Gasteiger partial charge in [-0.3, -0.25) is 5.41 Å². The van der Waals surface area contributed by atoms with E-state index in [1.54, 1.807) is 0 Å². The number of rotatable bonds is 1. The molecule has 0 aromatic heterocycles. The zero-order valence-electron chi connectivity index (χ0n) is 8.25. The Morgan fingerprint density at radius 3 is 2.38 bits per heavy atom. The molecule has 1 fully saturated rings. The van der Waals surface area contributed by atoms with Gasteiger partial charge in [-0.05, 0) is 14.0 Å². The van der Waals surface area contributed by atoms with Gasteiger partial charge in [0.25, 0.3) is 0 Å². The molecule has 1 atom stereocenters. The first-order chi connectivity index (χ1) is 6.09. The van der Waals surface area contributed by atoms with Crippen LogP contribution in [0.4, 0.5) is 0 Å². The maximum absolute atomic E-state index is 7.73. The van der Waals surface area contributed by atoms with Crippen molar-refractivity contribution in [2.75, 3.05) is 33.2 Å². The summed E-state index contributed by atoms with van der Waals surface area (Å²) in [6.45, 7) is 5.86. The Morgan fingerprint density at radius 2 is 1.92 bits per heavy atom. The molecule has 4 nitrogen and oxygen atoms in total. The molecule has 76 valence electrons. The van der Waals surface area contributed by atoms with E-state index in [1.165, 1.54) is 0 Å². The molecular formula is C8H18N4S. The molecule has 0 aromatic carbocycles. The summed E-state index contributed by atoms with van der Waals surface area (Å²) in [4.78, 5) is 4.32. The number of hydrogen-bond donors (Lipinski definition) is 3. The lowest BCUT2D eigenvalue weighted by Crippen LogP contribution is -2.51. The van der Waals surface area contributed by atoms with Crippen molar-refractivity contribution < 1.29 is 0 Å². The van der Waals surface area contributed by atoms with Crippen molar-refractivity contribution in [3.8, 4) is 0 Å². The van der Waals surface area contributed by atoms with E-state index in [4.69, 9.17) is 5.41 Å². The van der Waals surface area contributed by atoms with Gasteiger partial charge < -0.3 is 15.1 Å². The van der Waals surface area contributed by atoms with E-state index in [0.717, 1.165) is 26.2 Å². The molecule has 1 unspecified atom stereocenters. The van der Waals surface area contributed by atoms with E-state index in [-0.39, 0.29) is 5.37 Å². The average molecular weight is 202 g/mol. The zero-order chi connectivity index (χ0) is 9.84. The third kappa shape index (κ3) is 3.44. The molecule has 1 rings (SSSR count). The minimum Gasteiger partial charge on any atom is -0.345 e. The van der Waals surface area contributed by atoms with Gasteiger partial charge in [0.15, 0.2) is 5.96 Å². The number of piperazine rings is 1. The molecule has 0 spiro atoms. The second-order valence-corrected chi connectivity index (χ2v) is 4.23. The van der Waals surface area contributed by atoms with Crippen LogP contribution < -0.4 is 5.32 Å². The lowest BCUT2D eigenvalue weighted by molar-refractivity contribution is 0.210. The Kier molecular flexibility index (Phi) is 3.87. The van der Waals surface area contributed by atoms with Crippen molar-refractivity contribution in [3.63, 3.8) is 0 Å². The minimum atomic E-state index is 0.0483. The van der Waals surface area contributed by atoms with E-state index in [0.29, 0.717) is 5.96 Å². The van der Waals surface area contributed by atoms with Gasteiger partial charge in [-0.25, -0.2) is 0 Å². The molecule has 0 saturated carbocycles. The lowest BCUT2D eigenvalue weighted by Gasteiger charge is -2.34. The second-order valence-electron chi connectivity index (χ2n) is 3.46. The highest BCUT2D eigenvalue weighted by atomic mass is 32.1. The molecule has 0 radical (unpaired) electrons. The van der Waals surface area contributed by atoms with Crippen LogP contribution in [0.25, 0.3) is 0 Å². The largest absolute Gasteiger partial charge is 0.345 e. The fraction of sp³-hybridized carbons (Fsp3) is 0.875. The summed E-state index contributed by atoms with van der Waals surface area (Å²) in [7, 11) is 2.11. The first kappa shape index (κ1) is 10.7. The fourth-order valence-corrected chi connectivity index (χ4v) is 1.44. The maximum Gasteiger partial charge on any atom is 0.191 e. The maximum atomic E-state index is 7.73. The minimum absolute atomic E-state index is 0.0483. The van der Waals surface area contributed by atoms with E-state index >= 15 is 0 Å². The smallest absolute Gasteiger partial charge is 0.191 e. The molecule has 0 bridgehead atoms. The number of thiol groups is 1. The first-order valence-electron chi connectivity index (χ1n) is 4.56. The van der Waals surface area contributed by atoms with Crippen LogP contribution in [0.3, 0.4) is 0 Å². The summed E-state index contributed by atoms with van der Waals surface area (Å²) in [5.74, 6) is 0.496. The second kappa shape index (κ2) is 4.72. The third-order valence-electron chi connectivity index (χ3n) is 2.17. The summed E-state index contributed by atoms with van der Waals surface area (Å²) in [6, 6.07) is 0. The molecule has 2 N–H and O–H groups in total. The van der Waals surface area contributed by atoms with Gasteiger partial charge in [0.05, 0.1) is 5.37 Å². The van der Waals surface area contributed by atoms with Crippen LogP contribution in [0.1, 0.15) is 6.92 Å². The Bertz CT molecular complexity index is 175. The van der Waals surface area contributed by atoms with Crippen molar-refractivity contribution in [2.45, 2.75) is 12.3 Å². The summed E-state index contributed by atoms with van der Waals surface area (Å²) in [6.07, 6.45) is 0. The molecule has 0 aliphatic carbocycles. The Balaban J connectivity index is 2.31. The van der Waals surface area contributed by atoms with Crippen molar-refractivity contribution in [3.05, 3.63) is 0 Å². The topological polar surface area (TPSA) is 42.4 Å². The van der Waals surface area contributed by atoms with Gasteiger partial charge in [-0.15, -0.1) is 0 Å². The van der Waals surface area contributed by atoms with Crippen LogP contribution in [0, 0.1) is 5.41 Å². The quantitative estimate of drug-likeness (QED) is 0.243. The zero-order valence-corrected chi connectivity index (χ0v) is 9.14. The number of likely N-dealkylation sites (N-methyl/N-ethyl adjacent to an activating group) is 1. The molecule has 1 aliphatic heterocycles. The highest BCUT2D eigenvalue weighted by Crippen LogP contribution is 1.99. The van der Waals surface area contributed by atoms with Crippen molar-refractivity contribution in [1.29, 1.82) is 5.41 Å². The molecule has 1 aliphatic rings. The standard InChI is InChI=1S/C8H18N4S/c1-7(13)10-8(9)12-5-3-11(2)4-6-12/h7,13H,3-6H2,1-2H3,(H2,9,10). The third-order valence-corrected chi connectivity index (χ3v) is 2.29. The number of nitrogens with zero attached hydrogens (tertiary/aromatic N) is 2. The summed E-state index contributed by atoms with van der Waals surface area (Å²) >= 11 is 4.19. The van der Waals surface area contributed by atoms with Crippen molar-refractivity contribution in [1.82, 2.24) is 15.1 Å². The van der Waals surface area contributed by atoms with Gasteiger partial charge in [-0.1, -0.05) is 0 Å². The summed E-state index contributed by atoms with van der Waals surface area (Å²) in [5.41, 5.74) is 0. The normalized spacial score (nSPS) is 21.3. The first-order valence-corrected chi connectivity index (χ1v) is 5.08. The lowest BCUT2D eigenvalue weighted by atomic mass is 10.3. The number of nitrogens with one attached hydrogen (secondary N) is 2. The van der Waals surface area contributed by atoms with E-state index in [1.807, 2.05) is 11.8 Å². The van der Waals surface area contributed by atoms with Gasteiger partial charge in [0.1, 0.15) is 0 Å². The molecule has 13 heavy (non-hydrogen) atoms. The van der Waals surface area contributed by atoms with Crippen molar-refractivity contribution >= 4 is 18.6 Å². The predicted octanol–water partition coefficient (Wildman–Crippen LogP) is 0.0340. The fourth-order valence-electron chi connectivity index (χ4n) is 1.32. The van der Waals surface area contributed by atoms with E-state index in [9.17, 15) is 0 Å². The van der Waals surface area contributed by atoms with Crippen LogP contribution in [-0.4, -0.2) is 54.4 Å². The molecule has 0 amide bonds. The van der Waals surface area contributed by atoms with Crippen LogP contribution in [0.15, 0.2) is 0 Å². The molecule has 1 saturated heterocycles. The predicted molar refractivity (Wildman–Crippen MR) is 58.4 cm³/mol. The number of guanidine groups is 1. The highest BCUT2D eigenvalue weighted by molar-refractivity contribution is 7.80. The highest BCUT2D eigenvalue weighted by Gasteiger charge is 2.16. The Hall–Kier alpha value is -0.420. The van der Waals surface area contributed by atoms with E-state index < -0.39 is 0 Å². The number of hydrogen-bond acceptors (Lipinski definition) is 3. The van der Waals surface area contributed by atoms with Crippen LogP contribution in [0.2, 0.25) is 0 Å². The molecule has 0 aromatic rings. The van der Waals surface area contributed by atoms with Gasteiger partial charge in [0, 0.05) is 26.2 Å². The SMILES string of the molecule is CC(S)NC(=N)N1CCN(C)CC1. The monoisotopic (exact) mass is 202 g/mol. The van der Waals surface area contributed by atoms with Gasteiger partial charge in [0.2, 0.25) is 0 Å². The Labute approximate surface area is 85.2 Å². The molecule has 1 heterocycles. The van der Waals surface area contributed by atoms with Crippen LogP contribution in [-0.2, 0) is 0 Å². The average Bonchev–Trinajstić information content (AvgIpc) is 2.04. The molecule has 5 heteroatoms. The van der Waals surface area contributed by atoms with Gasteiger partial charge in [-0.2, -0.15) is 12.6 Å². The summed E-state index contributed by atoms with van der Waals surface area (Å²) < 4.78 is 0. The van der Waals surface area contributed by atoms with Crippen LogP contribution in [0.5, 0.6) is 0 Å². The Morgan fingerprint density at radius 1 is 1.38 bits per heavy atom. The van der Waals surface area contributed by atoms with E-state index in [2.05, 4.69) is 29.9 Å². The molecular weight excluding hydrogens is 184 g/mol.